The molecule has 0 bridgehead atoms. The zero-order valence-corrected chi connectivity index (χ0v) is 14.0. The zero-order chi connectivity index (χ0) is 16.7. The Morgan fingerprint density at radius 2 is 1.91 bits per heavy atom. The number of ether oxygens (including phenoxy) is 2. The first-order chi connectivity index (χ1) is 11.1. The first-order valence-electron chi connectivity index (χ1n) is 7.31. The second-order valence-electron chi connectivity index (χ2n) is 5.18. The van der Waals surface area contributed by atoms with Gasteiger partial charge in [-0.3, -0.25) is 4.79 Å². The van der Waals surface area contributed by atoms with E-state index in [0.717, 1.165) is 16.7 Å². The van der Waals surface area contributed by atoms with Gasteiger partial charge >= 0.3 is 0 Å². The molecule has 2 rings (SSSR count). The van der Waals surface area contributed by atoms with Crippen molar-refractivity contribution in [3.63, 3.8) is 0 Å². The van der Waals surface area contributed by atoms with Crippen LogP contribution >= 0.6 is 11.6 Å². The van der Waals surface area contributed by atoms with Gasteiger partial charge in [0.05, 0.1) is 6.61 Å². The summed E-state index contributed by atoms with van der Waals surface area (Å²) in [7, 11) is 1.65. The first-order valence-corrected chi connectivity index (χ1v) is 7.69. The molecule has 0 saturated carbocycles. The van der Waals surface area contributed by atoms with Crippen molar-refractivity contribution in [2.75, 3.05) is 13.7 Å². The predicted molar refractivity (Wildman–Crippen MR) is 90.7 cm³/mol. The lowest BCUT2D eigenvalue weighted by Gasteiger charge is -2.11. The second-order valence-corrected chi connectivity index (χ2v) is 5.59. The molecule has 0 fully saturated rings. The number of methoxy groups -OCH3 is 1. The van der Waals surface area contributed by atoms with E-state index in [4.69, 9.17) is 21.1 Å². The van der Waals surface area contributed by atoms with E-state index in [2.05, 4.69) is 5.32 Å². The number of amides is 1. The number of carbonyl (C=O) groups excluding carboxylic acids is 1. The third-order valence-corrected chi connectivity index (χ3v) is 3.82. The maximum Gasteiger partial charge on any atom is 0.258 e. The van der Waals surface area contributed by atoms with Crippen molar-refractivity contribution in [2.24, 2.45) is 0 Å². The lowest BCUT2D eigenvalue weighted by atomic mass is 10.1. The van der Waals surface area contributed by atoms with Crippen molar-refractivity contribution in [3.8, 4) is 5.75 Å². The van der Waals surface area contributed by atoms with Crippen LogP contribution in [0, 0.1) is 6.92 Å². The standard InChI is InChI=1S/C18H20ClNO3/c1-13-9-16(7-8-17(13)19)23-12-18(21)20-10-14-5-3-4-6-15(14)11-22-2/h3-9H,10-12H2,1-2H3,(H,20,21). The van der Waals surface area contributed by atoms with E-state index in [9.17, 15) is 4.79 Å². The Labute approximate surface area is 141 Å². The van der Waals surface area contributed by atoms with Crippen molar-refractivity contribution in [1.82, 2.24) is 5.32 Å². The molecular formula is C18H20ClNO3. The van der Waals surface area contributed by atoms with E-state index in [-0.39, 0.29) is 12.5 Å². The average Bonchev–Trinajstić information content (AvgIpc) is 2.55. The van der Waals surface area contributed by atoms with Gasteiger partial charge in [-0.25, -0.2) is 0 Å². The van der Waals surface area contributed by atoms with Crippen molar-refractivity contribution >= 4 is 17.5 Å². The molecule has 0 aliphatic heterocycles. The molecule has 2 aromatic rings. The first kappa shape index (κ1) is 17.3. The van der Waals surface area contributed by atoms with Crippen molar-refractivity contribution in [3.05, 3.63) is 64.2 Å². The van der Waals surface area contributed by atoms with E-state index < -0.39 is 0 Å². The summed E-state index contributed by atoms with van der Waals surface area (Å²) in [5.74, 6) is 0.451. The molecule has 0 spiro atoms. The predicted octanol–water partition coefficient (Wildman–Crippen LogP) is 3.49. The Morgan fingerprint density at radius 1 is 1.17 bits per heavy atom. The quantitative estimate of drug-likeness (QED) is 0.843. The molecule has 5 heteroatoms. The lowest BCUT2D eigenvalue weighted by molar-refractivity contribution is -0.123. The van der Waals surface area contributed by atoms with Crippen molar-refractivity contribution in [1.29, 1.82) is 0 Å². The lowest BCUT2D eigenvalue weighted by Crippen LogP contribution is -2.28. The summed E-state index contributed by atoms with van der Waals surface area (Å²) in [6.07, 6.45) is 0. The van der Waals surface area contributed by atoms with Crippen LogP contribution in [0.25, 0.3) is 0 Å². The Kier molecular flexibility index (Phi) is 6.44. The van der Waals surface area contributed by atoms with Gasteiger partial charge in [0, 0.05) is 18.7 Å². The molecule has 0 aromatic heterocycles. The maximum absolute atomic E-state index is 11.9. The summed E-state index contributed by atoms with van der Waals surface area (Å²) >= 11 is 5.96. The van der Waals surface area contributed by atoms with Gasteiger partial charge < -0.3 is 14.8 Å². The van der Waals surface area contributed by atoms with Gasteiger partial charge in [-0.05, 0) is 41.8 Å². The molecule has 122 valence electrons. The van der Waals surface area contributed by atoms with E-state index in [0.29, 0.717) is 23.9 Å². The molecule has 0 aliphatic carbocycles. The molecule has 0 unspecified atom stereocenters. The fourth-order valence-electron chi connectivity index (χ4n) is 2.13. The van der Waals surface area contributed by atoms with E-state index in [1.165, 1.54) is 0 Å². The highest BCUT2D eigenvalue weighted by atomic mass is 35.5. The summed E-state index contributed by atoms with van der Waals surface area (Å²) in [6.45, 7) is 2.82. The number of hydrogen-bond donors (Lipinski definition) is 1. The second kappa shape index (κ2) is 8.56. The van der Waals surface area contributed by atoms with Crippen LogP contribution in [0.1, 0.15) is 16.7 Å². The molecule has 0 aliphatic rings. The van der Waals surface area contributed by atoms with Crippen LogP contribution in [0.2, 0.25) is 5.02 Å². The normalized spacial score (nSPS) is 10.4. The Morgan fingerprint density at radius 3 is 2.61 bits per heavy atom. The van der Waals surface area contributed by atoms with Crippen molar-refractivity contribution in [2.45, 2.75) is 20.1 Å². The van der Waals surface area contributed by atoms with E-state index >= 15 is 0 Å². The van der Waals surface area contributed by atoms with Gasteiger partial charge in [-0.1, -0.05) is 35.9 Å². The zero-order valence-electron chi connectivity index (χ0n) is 13.3. The van der Waals surface area contributed by atoms with Crippen LogP contribution in [0.3, 0.4) is 0 Å². The highest BCUT2D eigenvalue weighted by Crippen LogP contribution is 2.20. The topological polar surface area (TPSA) is 47.6 Å². The fraction of sp³-hybridized carbons (Fsp3) is 0.278. The number of halogens is 1. The molecular weight excluding hydrogens is 314 g/mol. The van der Waals surface area contributed by atoms with Crippen LogP contribution < -0.4 is 10.1 Å². The molecule has 0 heterocycles. The smallest absolute Gasteiger partial charge is 0.258 e. The van der Waals surface area contributed by atoms with Gasteiger partial charge in [0.1, 0.15) is 5.75 Å². The van der Waals surface area contributed by atoms with E-state index in [1.807, 2.05) is 37.3 Å². The van der Waals surface area contributed by atoms with Gasteiger partial charge in [-0.2, -0.15) is 0 Å². The van der Waals surface area contributed by atoms with Crippen LogP contribution in [-0.4, -0.2) is 19.6 Å². The molecule has 0 radical (unpaired) electrons. The number of nitrogens with one attached hydrogen (secondary N) is 1. The van der Waals surface area contributed by atoms with Gasteiger partial charge in [0.15, 0.2) is 6.61 Å². The van der Waals surface area contributed by atoms with Gasteiger partial charge in [-0.15, -0.1) is 0 Å². The van der Waals surface area contributed by atoms with Crippen LogP contribution in [-0.2, 0) is 22.7 Å². The van der Waals surface area contributed by atoms with Crippen LogP contribution in [0.15, 0.2) is 42.5 Å². The Hall–Kier alpha value is -2.04. The minimum atomic E-state index is -0.176. The number of hydrogen-bond acceptors (Lipinski definition) is 3. The minimum absolute atomic E-state index is 0.0342. The summed E-state index contributed by atoms with van der Waals surface area (Å²) in [4.78, 5) is 11.9. The van der Waals surface area contributed by atoms with Gasteiger partial charge in [0.2, 0.25) is 0 Å². The maximum atomic E-state index is 11.9. The molecule has 23 heavy (non-hydrogen) atoms. The number of rotatable bonds is 7. The third kappa shape index (κ3) is 5.27. The van der Waals surface area contributed by atoms with Crippen LogP contribution in [0.5, 0.6) is 5.75 Å². The summed E-state index contributed by atoms with van der Waals surface area (Å²) in [6, 6.07) is 13.2. The number of carbonyl (C=O) groups is 1. The van der Waals surface area contributed by atoms with E-state index in [1.54, 1.807) is 19.2 Å². The molecule has 2 aromatic carbocycles. The third-order valence-electron chi connectivity index (χ3n) is 3.39. The number of benzene rings is 2. The monoisotopic (exact) mass is 333 g/mol. The van der Waals surface area contributed by atoms with Crippen LogP contribution in [0.4, 0.5) is 0 Å². The SMILES string of the molecule is COCc1ccccc1CNC(=O)COc1ccc(Cl)c(C)c1. The Bertz CT molecular complexity index is 673. The number of aryl methyl sites for hydroxylation is 1. The Balaban J connectivity index is 1.84. The largest absolute Gasteiger partial charge is 0.484 e. The summed E-state index contributed by atoms with van der Waals surface area (Å²) in [5, 5.41) is 3.53. The molecule has 1 N–H and O–H groups in total. The minimum Gasteiger partial charge on any atom is -0.484 e. The van der Waals surface area contributed by atoms with Crippen molar-refractivity contribution < 1.29 is 14.3 Å². The molecule has 0 atom stereocenters. The molecule has 0 saturated heterocycles. The molecule has 4 nitrogen and oxygen atoms in total. The average molecular weight is 334 g/mol. The fourth-order valence-corrected chi connectivity index (χ4v) is 2.24. The highest BCUT2D eigenvalue weighted by Gasteiger charge is 2.06. The highest BCUT2D eigenvalue weighted by molar-refractivity contribution is 6.31. The summed E-state index contributed by atoms with van der Waals surface area (Å²) in [5.41, 5.74) is 3.01. The molecule has 1 amide bonds. The summed E-state index contributed by atoms with van der Waals surface area (Å²) < 4.78 is 10.6. The van der Waals surface area contributed by atoms with Gasteiger partial charge in [0.25, 0.3) is 5.91 Å².